The van der Waals surface area contributed by atoms with Crippen molar-refractivity contribution in [2.45, 2.75) is 25.5 Å². The average Bonchev–Trinajstić information content (AvgIpc) is 2.77. The lowest BCUT2D eigenvalue weighted by atomic mass is 10.1. The third kappa shape index (κ3) is 2.41. The van der Waals surface area contributed by atoms with Crippen molar-refractivity contribution < 1.29 is 24.4 Å². The average molecular weight is 289 g/mol. The van der Waals surface area contributed by atoms with Gasteiger partial charge in [-0.15, -0.1) is 0 Å². The lowest BCUT2D eigenvalue weighted by Crippen LogP contribution is -3.12. The van der Waals surface area contributed by atoms with Crippen molar-refractivity contribution in [3.63, 3.8) is 0 Å². The second-order valence-electron chi connectivity index (χ2n) is 5.11. The molecule has 0 spiro atoms. The van der Waals surface area contributed by atoms with E-state index in [0.717, 1.165) is 5.56 Å². The van der Waals surface area contributed by atoms with Gasteiger partial charge in [-0.1, -0.05) is 11.2 Å². The Bertz CT molecular complexity index is 728. The lowest BCUT2D eigenvalue weighted by molar-refractivity contribution is -0.887. The number of imide groups is 1. The Morgan fingerprint density at radius 3 is 3.00 bits per heavy atom. The van der Waals surface area contributed by atoms with Crippen molar-refractivity contribution in [3.8, 4) is 0 Å². The summed E-state index contributed by atoms with van der Waals surface area (Å²) in [6, 6.07) is 4.68. The summed E-state index contributed by atoms with van der Waals surface area (Å²) in [5, 5.41) is 20.3. The van der Waals surface area contributed by atoms with Gasteiger partial charge in [0, 0.05) is 20.0 Å². The van der Waals surface area contributed by atoms with Gasteiger partial charge in [0.2, 0.25) is 5.91 Å². The maximum atomic E-state index is 12.4. The number of ether oxygens (including phenoxy) is 1. The van der Waals surface area contributed by atoms with Crippen LogP contribution in [0.2, 0.25) is 0 Å². The predicted octanol–water partition coefficient (Wildman–Crippen LogP) is -3.50. The smallest absolute Gasteiger partial charge is 0.287 e. The molecular formula is C14H15N3O4. The third-order valence-corrected chi connectivity index (χ3v) is 3.66. The van der Waals surface area contributed by atoms with Crippen molar-refractivity contribution >= 4 is 17.7 Å². The van der Waals surface area contributed by atoms with Gasteiger partial charge in [0.05, 0.1) is 11.8 Å². The number of hydrogen-bond acceptors (Lipinski definition) is 5. The highest BCUT2D eigenvalue weighted by Gasteiger charge is 2.37. The third-order valence-electron chi connectivity index (χ3n) is 3.66. The zero-order chi connectivity index (χ0) is 15.0. The predicted molar refractivity (Wildman–Crippen MR) is 68.5 cm³/mol. The van der Waals surface area contributed by atoms with E-state index in [2.05, 4.69) is 10.4 Å². The minimum absolute atomic E-state index is 0.226. The van der Waals surface area contributed by atoms with Gasteiger partial charge in [0.15, 0.2) is 6.04 Å². The van der Waals surface area contributed by atoms with E-state index < -0.39 is 11.9 Å². The van der Waals surface area contributed by atoms with Crippen molar-refractivity contribution in [2.75, 3.05) is 7.11 Å². The van der Waals surface area contributed by atoms with Crippen molar-refractivity contribution in [2.24, 2.45) is 5.10 Å². The Morgan fingerprint density at radius 1 is 1.48 bits per heavy atom. The molecule has 0 radical (unpaired) electrons. The van der Waals surface area contributed by atoms with E-state index >= 15 is 0 Å². The largest absolute Gasteiger partial charge is 0.829 e. The van der Waals surface area contributed by atoms with Gasteiger partial charge in [-0.05, 0) is 17.7 Å². The molecule has 0 bridgehead atoms. The van der Waals surface area contributed by atoms with Gasteiger partial charge in [0.25, 0.3) is 5.91 Å². The van der Waals surface area contributed by atoms with Crippen molar-refractivity contribution in [1.82, 2.24) is 5.32 Å². The number of carbonyl (C=O) groups is 2. The molecular weight excluding hydrogens is 274 g/mol. The molecule has 2 aliphatic rings. The lowest BCUT2D eigenvalue weighted by Gasteiger charge is -2.26. The summed E-state index contributed by atoms with van der Waals surface area (Å²) < 4.78 is 5.04. The molecule has 21 heavy (non-hydrogen) atoms. The van der Waals surface area contributed by atoms with Crippen LogP contribution < -0.4 is 26.0 Å². The fourth-order valence-corrected chi connectivity index (χ4v) is 2.63. The van der Waals surface area contributed by atoms with Gasteiger partial charge >= 0.3 is 0 Å². The van der Waals surface area contributed by atoms with Crippen LogP contribution in [-0.4, -0.2) is 25.0 Å². The van der Waals surface area contributed by atoms with Crippen LogP contribution in [0.4, 0.5) is 0 Å². The van der Waals surface area contributed by atoms with E-state index in [1.54, 1.807) is 19.2 Å². The maximum absolute atomic E-state index is 12.4. The van der Waals surface area contributed by atoms with Crippen LogP contribution in [0.3, 0.4) is 0 Å². The minimum atomic E-state index is -0.645. The number of hydrogen-bond donors (Lipinski definition) is 2. The highest BCUT2D eigenvalue weighted by Crippen LogP contribution is 2.02. The first kappa shape index (κ1) is 13.7. The molecule has 0 aliphatic carbocycles. The van der Waals surface area contributed by atoms with Crippen LogP contribution >= 0.6 is 0 Å². The molecule has 2 unspecified atom stereocenters. The molecule has 2 aliphatic heterocycles. The molecule has 2 amide bonds. The number of benzene rings is 1. The van der Waals surface area contributed by atoms with E-state index in [1.807, 2.05) is 6.07 Å². The Balaban J connectivity index is 1.96. The van der Waals surface area contributed by atoms with Crippen molar-refractivity contribution in [3.05, 3.63) is 34.3 Å². The molecule has 7 heteroatoms. The number of carbonyl (C=O) groups excluding carboxylic acids is 2. The first-order chi connectivity index (χ1) is 10.1. The monoisotopic (exact) mass is 289 g/mol. The van der Waals surface area contributed by atoms with E-state index in [-0.39, 0.29) is 23.2 Å². The summed E-state index contributed by atoms with van der Waals surface area (Å²) in [7, 11) is 1.58. The normalized spacial score (nSPS) is 24.5. The number of rotatable bonds is 3. The topological polar surface area (TPSA) is 95.3 Å². The summed E-state index contributed by atoms with van der Waals surface area (Å²) in [4.78, 5) is 23.1. The summed E-state index contributed by atoms with van der Waals surface area (Å²) in [5.74, 6) is -0.983. The minimum Gasteiger partial charge on any atom is -0.829 e. The van der Waals surface area contributed by atoms with Crippen LogP contribution in [0.5, 0.6) is 0 Å². The molecule has 0 saturated carbocycles. The second kappa shape index (κ2) is 5.27. The molecule has 1 aromatic carbocycles. The second-order valence-corrected chi connectivity index (χ2v) is 5.11. The fourth-order valence-electron chi connectivity index (χ4n) is 2.63. The molecule has 2 heterocycles. The molecule has 1 fully saturated rings. The number of quaternary nitrogens is 1. The van der Waals surface area contributed by atoms with Gasteiger partial charge < -0.3 is 9.84 Å². The van der Waals surface area contributed by atoms with Gasteiger partial charge in [-0.25, -0.2) is 0 Å². The Kier molecular flexibility index (Phi) is 3.44. The summed E-state index contributed by atoms with van der Waals surface area (Å²) >= 11 is 0. The fraction of sp³-hybridized carbons (Fsp3) is 0.357. The van der Waals surface area contributed by atoms with Gasteiger partial charge in [-0.3, -0.25) is 14.9 Å². The molecule has 3 rings (SSSR count). The van der Waals surface area contributed by atoms with Crippen LogP contribution in [0.1, 0.15) is 18.4 Å². The van der Waals surface area contributed by atoms with Crippen molar-refractivity contribution in [1.29, 1.82) is 0 Å². The number of fused-ring (bicyclic) bond motifs is 1. The zero-order valence-corrected chi connectivity index (χ0v) is 11.5. The van der Waals surface area contributed by atoms with E-state index in [9.17, 15) is 14.7 Å². The summed E-state index contributed by atoms with van der Waals surface area (Å²) in [6.07, 6.45) is 0.558. The van der Waals surface area contributed by atoms with E-state index in [0.29, 0.717) is 23.6 Å². The number of amides is 2. The molecule has 0 aromatic heterocycles. The number of methoxy groups -OCH3 is 1. The van der Waals surface area contributed by atoms with E-state index in [1.165, 1.54) is 0 Å². The number of nitrogens with zero attached hydrogens (tertiary/aromatic N) is 1. The van der Waals surface area contributed by atoms with Crippen LogP contribution in [0.15, 0.2) is 23.3 Å². The molecule has 1 saturated heterocycles. The van der Waals surface area contributed by atoms with E-state index in [4.69, 9.17) is 4.74 Å². The quantitative estimate of drug-likeness (QED) is 0.564. The Morgan fingerprint density at radius 2 is 2.29 bits per heavy atom. The first-order valence-corrected chi connectivity index (χ1v) is 6.69. The van der Waals surface area contributed by atoms with Crippen LogP contribution in [0, 0.1) is 0 Å². The summed E-state index contributed by atoms with van der Waals surface area (Å²) in [6.45, 7) is 0.411. The van der Waals surface area contributed by atoms with Gasteiger partial charge in [0.1, 0.15) is 11.2 Å². The highest BCUT2D eigenvalue weighted by atomic mass is 16.5. The molecule has 2 N–H and O–H groups in total. The number of nitrogens with one attached hydrogen (secondary N) is 2. The SMILES string of the molecule is COCc1ccc2c(c1)=C([O-])[NH+](C1CCC(=O)NC1=O)N=2. The standard InChI is InChI=1S/C14H15N3O4/c1-21-7-8-2-3-10-9(6-8)14(20)17(16-10)11-4-5-12(18)15-13(11)19/h2-3,6,11,20H,4-5,7H2,1H3,(H,15,18,19). The molecule has 110 valence electrons. The molecule has 7 nitrogen and oxygen atoms in total. The summed E-state index contributed by atoms with van der Waals surface area (Å²) in [5.41, 5.74) is 0.879. The molecule has 2 atom stereocenters. The van der Waals surface area contributed by atoms with Gasteiger partial charge in [-0.2, -0.15) is 5.01 Å². The number of piperidine rings is 1. The van der Waals surface area contributed by atoms with Crippen LogP contribution in [0.25, 0.3) is 5.88 Å². The first-order valence-electron chi connectivity index (χ1n) is 6.69. The Hall–Kier alpha value is -2.25. The van der Waals surface area contributed by atoms with Crippen LogP contribution in [-0.2, 0) is 20.9 Å². The highest BCUT2D eigenvalue weighted by molar-refractivity contribution is 5.99. The Labute approximate surface area is 120 Å². The maximum Gasteiger partial charge on any atom is 0.287 e. The zero-order valence-electron chi connectivity index (χ0n) is 11.5. The molecule has 1 aromatic rings.